The lowest BCUT2D eigenvalue weighted by Gasteiger charge is -2.28. The monoisotopic (exact) mass is 487 g/mol. The Kier molecular flexibility index (Phi) is 7.25. The second-order valence-electron chi connectivity index (χ2n) is 8.52. The highest BCUT2D eigenvalue weighted by Gasteiger charge is 2.26. The number of thioether (sulfide) groups is 1. The van der Waals surface area contributed by atoms with Crippen LogP contribution in [0.1, 0.15) is 32.3 Å². The molecular weight excluding hydrogens is 462 g/mol. The van der Waals surface area contributed by atoms with Crippen LogP contribution in [0.5, 0.6) is 0 Å². The average molecular weight is 488 g/mol. The van der Waals surface area contributed by atoms with Crippen LogP contribution in [0.2, 0.25) is 0 Å². The molecule has 0 saturated heterocycles. The normalized spacial score (nSPS) is 15.7. The van der Waals surface area contributed by atoms with E-state index in [1.54, 1.807) is 18.2 Å². The van der Waals surface area contributed by atoms with E-state index in [0.29, 0.717) is 5.69 Å². The minimum atomic E-state index is -0.984. The molecule has 0 aliphatic carbocycles. The van der Waals surface area contributed by atoms with Crippen LogP contribution in [-0.4, -0.2) is 17.3 Å². The molecule has 0 aromatic heterocycles. The molecule has 1 unspecified atom stereocenters. The van der Waals surface area contributed by atoms with Gasteiger partial charge >= 0.3 is 5.97 Å². The molecule has 1 aliphatic heterocycles. The number of rotatable bonds is 7. The van der Waals surface area contributed by atoms with Gasteiger partial charge in [0.15, 0.2) is 0 Å². The van der Waals surface area contributed by atoms with Crippen LogP contribution in [0.4, 0.5) is 5.69 Å². The summed E-state index contributed by atoms with van der Waals surface area (Å²) in [6.45, 7) is 0. The molecule has 0 fully saturated rings. The maximum atomic E-state index is 11.7. The second-order valence-corrected chi connectivity index (χ2v) is 9.64. The molecule has 0 radical (unpaired) electrons. The van der Waals surface area contributed by atoms with Crippen molar-refractivity contribution in [3.8, 4) is 0 Å². The van der Waals surface area contributed by atoms with Crippen molar-refractivity contribution in [2.24, 2.45) is 4.99 Å². The lowest BCUT2D eigenvalue weighted by Crippen LogP contribution is -2.08. The maximum absolute atomic E-state index is 11.7. The van der Waals surface area contributed by atoms with E-state index >= 15 is 0 Å². The highest BCUT2D eigenvalue weighted by Crippen LogP contribution is 2.50. The van der Waals surface area contributed by atoms with Gasteiger partial charge < -0.3 is 5.11 Å². The number of hydrogen-bond donors (Lipinski definition) is 1. The zero-order valence-corrected chi connectivity index (χ0v) is 20.4. The van der Waals surface area contributed by atoms with Gasteiger partial charge in [0.2, 0.25) is 0 Å². The van der Waals surface area contributed by atoms with Gasteiger partial charge in [-0.25, -0.2) is 4.79 Å². The van der Waals surface area contributed by atoms with Crippen LogP contribution < -0.4 is 0 Å². The first-order valence-electron chi connectivity index (χ1n) is 11.8. The third kappa shape index (κ3) is 5.40. The van der Waals surface area contributed by atoms with Crippen LogP contribution >= 0.6 is 11.8 Å². The third-order valence-corrected chi connectivity index (χ3v) is 7.56. The van der Waals surface area contributed by atoms with E-state index in [-0.39, 0.29) is 10.8 Å². The molecule has 4 aromatic rings. The molecule has 4 heteroatoms. The van der Waals surface area contributed by atoms with Gasteiger partial charge in [0, 0.05) is 16.7 Å². The molecule has 3 nitrogen and oxygen atoms in total. The van der Waals surface area contributed by atoms with Crippen molar-refractivity contribution in [3.63, 3.8) is 0 Å². The van der Waals surface area contributed by atoms with E-state index in [0.717, 1.165) is 22.5 Å². The van der Waals surface area contributed by atoms with Crippen LogP contribution in [0, 0.1) is 0 Å². The Labute approximate surface area is 215 Å². The fourth-order valence-corrected chi connectivity index (χ4v) is 5.67. The van der Waals surface area contributed by atoms with E-state index in [2.05, 4.69) is 71.7 Å². The Morgan fingerprint density at radius 1 is 0.806 bits per heavy atom. The van der Waals surface area contributed by atoms with Crippen molar-refractivity contribution in [1.29, 1.82) is 0 Å². The van der Waals surface area contributed by atoms with E-state index in [9.17, 15) is 9.90 Å². The fourth-order valence-electron chi connectivity index (χ4n) is 4.31. The quantitative estimate of drug-likeness (QED) is 0.268. The molecule has 4 aromatic carbocycles. The summed E-state index contributed by atoms with van der Waals surface area (Å²) < 4.78 is 0. The molecule has 1 atom stereocenters. The van der Waals surface area contributed by atoms with E-state index < -0.39 is 5.97 Å². The van der Waals surface area contributed by atoms with Crippen molar-refractivity contribution in [1.82, 2.24) is 0 Å². The lowest BCUT2D eigenvalue weighted by molar-refractivity contribution is 0.0698. The summed E-state index contributed by atoms with van der Waals surface area (Å²) in [5, 5.41) is 9.76. The van der Waals surface area contributed by atoms with Gasteiger partial charge in [-0.3, -0.25) is 4.99 Å². The van der Waals surface area contributed by atoms with E-state index in [1.807, 2.05) is 54.4 Å². The van der Waals surface area contributed by atoms with Gasteiger partial charge in [0.1, 0.15) is 0 Å². The zero-order valence-electron chi connectivity index (χ0n) is 19.6. The summed E-state index contributed by atoms with van der Waals surface area (Å²) in [7, 11) is 0. The maximum Gasteiger partial charge on any atom is 0.337 e. The number of carboxylic acid groups (broad SMARTS) is 1. The van der Waals surface area contributed by atoms with Crippen molar-refractivity contribution in [2.75, 3.05) is 0 Å². The second kappa shape index (κ2) is 11.1. The smallest absolute Gasteiger partial charge is 0.337 e. The van der Waals surface area contributed by atoms with Crippen LogP contribution in [-0.2, 0) is 6.42 Å². The first-order chi connectivity index (χ1) is 17.7. The van der Waals surface area contributed by atoms with Gasteiger partial charge in [-0.05, 0) is 40.8 Å². The highest BCUT2D eigenvalue weighted by molar-refractivity contribution is 8.08. The molecule has 36 heavy (non-hydrogen) atoms. The topological polar surface area (TPSA) is 49.7 Å². The average Bonchev–Trinajstić information content (AvgIpc) is 2.93. The molecule has 176 valence electrons. The van der Waals surface area contributed by atoms with Crippen LogP contribution in [0.3, 0.4) is 0 Å². The Bertz CT molecular complexity index is 1440. The molecule has 1 aliphatic rings. The van der Waals surface area contributed by atoms with Crippen molar-refractivity contribution in [3.05, 3.63) is 155 Å². The Morgan fingerprint density at radius 2 is 1.42 bits per heavy atom. The highest BCUT2D eigenvalue weighted by atomic mass is 32.2. The third-order valence-electron chi connectivity index (χ3n) is 6.04. The number of nitrogens with zero attached hydrogens (tertiary/aromatic N) is 1. The van der Waals surface area contributed by atoms with Crippen molar-refractivity contribution >= 4 is 34.5 Å². The Hall–Kier alpha value is -4.15. The number of aliphatic imine (C=N–C) groups is 1. The minimum Gasteiger partial charge on any atom is -0.478 e. The predicted octanol–water partition coefficient (Wildman–Crippen LogP) is 8.16. The summed E-state index contributed by atoms with van der Waals surface area (Å²) in [4.78, 5) is 17.5. The first-order valence-corrected chi connectivity index (χ1v) is 12.7. The number of para-hydroxylation sites is 1. The van der Waals surface area contributed by atoms with Crippen LogP contribution in [0.25, 0.3) is 4.91 Å². The number of aromatic carboxylic acids is 1. The minimum absolute atomic E-state index is 0.157. The largest absolute Gasteiger partial charge is 0.478 e. The molecule has 1 heterocycles. The standard InChI is InChI=1S/C32H25NO2S/c34-32(35)28-18-10-11-19-29(28)33-22-27-21-26(20-23-12-4-1-5-13-23)30(24-14-6-2-7-15-24)36-31(27)25-16-8-3-9-17-25/h1-19,21-22,30H,20H2,(H,34,35). The van der Waals surface area contributed by atoms with Gasteiger partial charge in [0.25, 0.3) is 0 Å². The van der Waals surface area contributed by atoms with Gasteiger partial charge in [-0.1, -0.05) is 109 Å². The summed E-state index contributed by atoms with van der Waals surface area (Å²) >= 11 is 1.82. The summed E-state index contributed by atoms with van der Waals surface area (Å²) in [6, 6.07) is 38.2. The number of hydrogen-bond acceptors (Lipinski definition) is 3. The molecule has 0 saturated carbocycles. The predicted molar refractivity (Wildman–Crippen MR) is 150 cm³/mol. The summed E-state index contributed by atoms with van der Waals surface area (Å²) in [5.41, 5.74) is 6.51. The van der Waals surface area contributed by atoms with Gasteiger partial charge in [-0.15, -0.1) is 11.8 Å². The van der Waals surface area contributed by atoms with E-state index in [1.165, 1.54) is 16.7 Å². The Balaban J connectivity index is 1.63. The summed E-state index contributed by atoms with van der Waals surface area (Å²) in [6.07, 6.45) is 4.86. The molecule has 0 bridgehead atoms. The number of benzene rings is 4. The zero-order chi connectivity index (χ0) is 24.7. The van der Waals surface area contributed by atoms with E-state index in [4.69, 9.17) is 0 Å². The summed E-state index contributed by atoms with van der Waals surface area (Å²) in [5.74, 6) is -0.984. The first kappa shape index (κ1) is 23.6. The molecule has 5 rings (SSSR count). The van der Waals surface area contributed by atoms with Crippen molar-refractivity contribution < 1.29 is 9.90 Å². The Morgan fingerprint density at radius 3 is 2.11 bits per heavy atom. The SMILES string of the molecule is O=C(O)c1ccccc1N=CC1=C(c2ccccc2)SC(c2ccccc2)C(Cc2ccccc2)=C1. The van der Waals surface area contributed by atoms with Gasteiger partial charge in [0.05, 0.1) is 16.5 Å². The van der Waals surface area contributed by atoms with Crippen molar-refractivity contribution in [2.45, 2.75) is 11.7 Å². The molecular formula is C32H25NO2S. The van der Waals surface area contributed by atoms with Gasteiger partial charge in [-0.2, -0.15) is 0 Å². The van der Waals surface area contributed by atoms with Crippen LogP contribution in [0.15, 0.2) is 137 Å². The fraction of sp³-hybridized carbons (Fsp3) is 0.0625. The molecule has 0 spiro atoms. The molecule has 0 amide bonds. The number of allylic oxidation sites excluding steroid dienone is 2. The lowest BCUT2D eigenvalue weighted by atomic mass is 9.94. The molecule has 1 N–H and O–H groups in total. The number of carbonyl (C=O) groups is 1. The number of carboxylic acids is 1.